The number of rotatable bonds is 6. The molecule has 1 aliphatic heterocycles. The minimum absolute atomic E-state index is 0.0571. The van der Waals surface area contributed by atoms with Gasteiger partial charge in [-0.15, -0.1) is 0 Å². The topological polar surface area (TPSA) is 113 Å². The molecule has 8 nitrogen and oxygen atoms in total. The van der Waals surface area contributed by atoms with Crippen molar-refractivity contribution in [1.29, 1.82) is 0 Å². The maximum Gasteiger partial charge on any atom is 0.325 e. The van der Waals surface area contributed by atoms with Crippen molar-refractivity contribution >= 4 is 21.9 Å². The maximum absolute atomic E-state index is 12.7. The first-order valence-electron chi connectivity index (χ1n) is 7.49. The summed E-state index contributed by atoms with van der Waals surface area (Å²) in [7, 11) is -2.42. The molecule has 0 bridgehead atoms. The first kappa shape index (κ1) is 18.2. The van der Waals surface area contributed by atoms with Gasteiger partial charge in [0.25, 0.3) is 5.91 Å². The van der Waals surface area contributed by atoms with Crippen molar-refractivity contribution in [2.45, 2.75) is 30.7 Å². The number of benzene rings is 1. The van der Waals surface area contributed by atoms with Gasteiger partial charge < -0.3 is 15.2 Å². The van der Waals surface area contributed by atoms with E-state index >= 15 is 0 Å². The van der Waals surface area contributed by atoms with Crippen LogP contribution in [0.1, 0.15) is 30.1 Å². The number of carbonyl (C=O) groups excluding carboxylic acids is 1. The number of ether oxygens (including phenoxy) is 1. The van der Waals surface area contributed by atoms with E-state index in [0.29, 0.717) is 13.1 Å². The molecular formula is C15H20N2O6S. The molecule has 0 aliphatic carbocycles. The maximum atomic E-state index is 12.7. The summed E-state index contributed by atoms with van der Waals surface area (Å²) in [6, 6.07) is 2.92. The highest BCUT2D eigenvalue weighted by Gasteiger charge is 2.30. The molecule has 0 radical (unpaired) electrons. The molecule has 132 valence electrons. The third kappa shape index (κ3) is 3.68. The van der Waals surface area contributed by atoms with Crippen LogP contribution >= 0.6 is 0 Å². The Morgan fingerprint density at radius 1 is 1.29 bits per heavy atom. The molecule has 0 aromatic heterocycles. The zero-order chi connectivity index (χ0) is 17.9. The number of carboxylic acids is 1. The molecule has 1 fully saturated rings. The van der Waals surface area contributed by atoms with Crippen LogP contribution in [0.5, 0.6) is 5.75 Å². The molecule has 0 spiro atoms. The molecule has 1 aliphatic rings. The van der Waals surface area contributed by atoms with Gasteiger partial charge >= 0.3 is 5.97 Å². The standard InChI is InChI=1S/C15H20N2O6S/c1-10(15(19)20)16-14(18)11-5-6-12(23-2)13(9-11)24(21,22)17-7-3-4-8-17/h5-6,9-10H,3-4,7-8H2,1-2H3,(H,16,18)(H,19,20). The predicted octanol–water partition coefficient (Wildman–Crippen LogP) is 0.683. The Balaban J connectivity index is 2.37. The van der Waals surface area contributed by atoms with Crippen molar-refractivity contribution in [1.82, 2.24) is 9.62 Å². The summed E-state index contributed by atoms with van der Waals surface area (Å²) in [6.45, 7) is 2.18. The highest BCUT2D eigenvalue weighted by atomic mass is 32.2. The van der Waals surface area contributed by atoms with Gasteiger partial charge in [0.1, 0.15) is 16.7 Å². The summed E-state index contributed by atoms with van der Waals surface area (Å²) in [5, 5.41) is 11.1. The number of carbonyl (C=O) groups is 2. The molecule has 2 N–H and O–H groups in total. The van der Waals surface area contributed by atoms with Gasteiger partial charge in [-0.05, 0) is 38.0 Å². The van der Waals surface area contributed by atoms with Gasteiger partial charge in [-0.25, -0.2) is 8.42 Å². The minimum atomic E-state index is -3.77. The summed E-state index contributed by atoms with van der Waals surface area (Å²) >= 11 is 0. The third-order valence-corrected chi connectivity index (χ3v) is 5.75. The lowest BCUT2D eigenvalue weighted by atomic mass is 10.2. The minimum Gasteiger partial charge on any atom is -0.495 e. The van der Waals surface area contributed by atoms with E-state index in [2.05, 4.69) is 5.32 Å². The molecule has 1 aromatic carbocycles. The lowest BCUT2D eigenvalue weighted by Gasteiger charge is -2.18. The molecule has 1 unspecified atom stereocenters. The van der Waals surface area contributed by atoms with Gasteiger partial charge in [0.05, 0.1) is 7.11 Å². The van der Waals surface area contributed by atoms with Crippen molar-refractivity contribution in [3.63, 3.8) is 0 Å². The number of nitrogens with zero attached hydrogens (tertiary/aromatic N) is 1. The lowest BCUT2D eigenvalue weighted by Crippen LogP contribution is -2.38. The first-order chi connectivity index (χ1) is 11.3. The van der Waals surface area contributed by atoms with E-state index in [-0.39, 0.29) is 16.2 Å². The zero-order valence-electron chi connectivity index (χ0n) is 13.5. The van der Waals surface area contributed by atoms with E-state index in [1.165, 1.54) is 36.5 Å². The zero-order valence-corrected chi connectivity index (χ0v) is 14.3. The average Bonchev–Trinajstić information content (AvgIpc) is 3.09. The summed E-state index contributed by atoms with van der Waals surface area (Å²) in [6.07, 6.45) is 1.58. The Morgan fingerprint density at radius 3 is 2.46 bits per heavy atom. The Bertz CT molecular complexity index is 740. The first-order valence-corrected chi connectivity index (χ1v) is 8.93. The van der Waals surface area contributed by atoms with Gasteiger partial charge in [-0.3, -0.25) is 9.59 Å². The van der Waals surface area contributed by atoms with Gasteiger partial charge in [0.15, 0.2) is 0 Å². The second-order valence-corrected chi connectivity index (χ2v) is 7.42. The fourth-order valence-corrected chi connectivity index (χ4v) is 4.13. The highest BCUT2D eigenvalue weighted by Crippen LogP contribution is 2.29. The summed E-state index contributed by atoms with van der Waals surface area (Å²) in [5.74, 6) is -1.70. The molecule has 9 heteroatoms. The fourth-order valence-electron chi connectivity index (χ4n) is 2.43. The number of carboxylic acid groups (broad SMARTS) is 1. The number of hydrogen-bond acceptors (Lipinski definition) is 5. The van der Waals surface area contributed by atoms with Crippen LogP contribution in [0.3, 0.4) is 0 Å². The van der Waals surface area contributed by atoms with E-state index in [0.717, 1.165) is 12.8 Å². The lowest BCUT2D eigenvalue weighted by molar-refractivity contribution is -0.138. The summed E-state index contributed by atoms with van der Waals surface area (Å²) < 4.78 is 31.9. The Labute approximate surface area is 140 Å². The molecule has 1 heterocycles. The fraction of sp³-hybridized carbons (Fsp3) is 0.467. The number of aliphatic carboxylic acids is 1. The Morgan fingerprint density at radius 2 is 1.92 bits per heavy atom. The third-order valence-electron chi connectivity index (χ3n) is 3.83. The summed E-state index contributed by atoms with van der Waals surface area (Å²) in [4.78, 5) is 22.9. The molecule has 1 atom stereocenters. The van der Waals surface area contributed by atoms with Gasteiger partial charge in [0.2, 0.25) is 10.0 Å². The number of methoxy groups -OCH3 is 1. The van der Waals surface area contributed by atoms with Crippen LogP contribution in [0.25, 0.3) is 0 Å². The largest absolute Gasteiger partial charge is 0.495 e. The second-order valence-electron chi connectivity index (χ2n) is 5.51. The highest BCUT2D eigenvalue weighted by molar-refractivity contribution is 7.89. The molecule has 24 heavy (non-hydrogen) atoms. The van der Waals surface area contributed by atoms with E-state index in [4.69, 9.17) is 9.84 Å². The van der Waals surface area contributed by atoms with E-state index in [1.54, 1.807) is 0 Å². The molecule has 0 saturated carbocycles. The van der Waals surface area contributed by atoms with Crippen LogP contribution in [-0.2, 0) is 14.8 Å². The normalized spacial score (nSPS) is 16.6. The van der Waals surface area contributed by atoms with Crippen molar-refractivity contribution < 1.29 is 27.9 Å². The van der Waals surface area contributed by atoms with E-state index in [1.807, 2.05) is 0 Å². The number of hydrogen-bond donors (Lipinski definition) is 2. The number of nitrogens with one attached hydrogen (secondary N) is 1. The molecule has 1 saturated heterocycles. The van der Waals surface area contributed by atoms with Crippen LogP contribution in [0.2, 0.25) is 0 Å². The van der Waals surface area contributed by atoms with Crippen molar-refractivity contribution in [3.8, 4) is 5.75 Å². The van der Waals surface area contributed by atoms with E-state index in [9.17, 15) is 18.0 Å². The molecule has 1 amide bonds. The second kappa shape index (κ2) is 7.18. The number of sulfonamides is 1. The molecule has 1 aromatic rings. The quantitative estimate of drug-likeness (QED) is 0.775. The smallest absolute Gasteiger partial charge is 0.325 e. The number of amides is 1. The van der Waals surface area contributed by atoms with Gasteiger partial charge in [-0.1, -0.05) is 0 Å². The molecule has 2 rings (SSSR count). The Kier molecular flexibility index (Phi) is 5.45. The van der Waals surface area contributed by atoms with Crippen molar-refractivity contribution in [2.75, 3.05) is 20.2 Å². The average molecular weight is 356 g/mol. The van der Waals surface area contributed by atoms with Crippen LogP contribution in [0.4, 0.5) is 0 Å². The molecular weight excluding hydrogens is 336 g/mol. The Hall–Kier alpha value is -2.13. The summed E-state index contributed by atoms with van der Waals surface area (Å²) in [5.41, 5.74) is 0.0571. The van der Waals surface area contributed by atoms with Crippen LogP contribution in [0, 0.1) is 0 Å². The van der Waals surface area contributed by atoms with Gasteiger partial charge in [0, 0.05) is 18.7 Å². The van der Waals surface area contributed by atoms with Gasteiger partial charge in [-0.2, -0.15) is 4.31 Å². The van der Waals surface area contributed by atoms with E-state index < -0.39 is 27.9 Å². The predicted molar refractivity (Wildman–Crippen MR) is 85.6 cm³/mol. The monoisotopic (exact) mass is 356 g/mol. The van der Waals surface area contributed by atoms with Crippen LogP contribution in [-0.4, -0.2) is 55.9 Å². The van der Waals surface area contributed by atoms with Crippen LogP contribution < -0.4 is 10.1 Å². The van der Waals surface area contributed by atoms with Crippen molar-refractivity contribution in [3.05, 3.63) is 23.8 Å². The SMILES string of the molecule is COc1ccc(C(=O)NC(C)C(=O)O)cc1S(=O)(=O)N1CCCC1. The van der Waals surface area contributed by atoms with Crippen LogP contribution in [0.15, 0.2) is 23.1 Å². The van der Waals surface area contributed by atoms with Crippen molar-refractivity contribution in [2.24, 2.45) is 0 Å².